The van der Waals surface area contributed by atoms with E-state index >= 15 is 0 Å². The number of hydrogen-bond donors (Lipinski definition) is 0. The van der Waals surface area contributed by atoms with Crippen molar-refractivity contribution < 1.29 is 4.39 Å². The molecule has 2 heterocycles. The second-order valence-electron chi connectivity index (χ2n) is 6.37. The van der Waals surface area contributed by atoms with Gasteiger partial charge in [-0.1, -0.05) is 12.1 Å². The maximum Gasteiger partial charge on any atom is 0.266 e. The maximum absolute atomic E-state index is 13.4. The van der Waals surface area contributed by atoms with Crippen molar-refractivity contribution in [3.8, 4) is 5.69 Å². The predicted molar refractivity (Wildman–Crippen MR) is 103 cm³/mol. The third-order valence-corrected chi connectivity index (χ3v) is 4.40. The Morgan fingerprint density at radius 2 is 1.81 bits per heavy atom. The molecular weight excluding hydrogens is 345 g/mol. The number of aromatic nitrogens is 4. The highest BCUT2D eigenvalue weighted by atomic mass is 19.1. The predicted octanol–water partition coefficient (Wildman–Crippen LogP) is 2.89. The number of para-hydroxylation sites is 1. The molecule has 0 aliphatic carbocycles. The van der Waals surface area contributed by atoms with E-state index in [4.69, 9.17) is 4.98 Å². The molecule has 4 aromatic rings. The molecule has 6 nitrogen and oxygen atoms in total. The van der Waals surface area contributed by atoms with Gasteiger partial charge in [0.25, 0.3) is 5.56 Å². The van der Waals surface area contributed by atoms with Crippen LogP contribution in [-0.2, 0) is 13.6 Å². The van der Waals surface area contributed by atoms with Gasteiger partial charge < -0.3 is 4.90 Å². The number of nitrogens with zero attached hydrogens (tertiary/aromatic N) is 5. The molecule has 2 aromatic heterocycles. The number of rotatable bonds is 4. The maximum atomic E-state index is 13.4. The molecule has 0 aliphatic heterocycles. The lowest BCUT2D eigenvalue weighted by atomic mass is 10.2. The molecule has 27 heavy (non-hydrogen) atoms. The topological polar surface area (TPSA) is 56.0 Å². The molecule has 2 aromatic carbocycles. The highest BCUT2D eigenvalue weighted by molar-refractivity contribution is 5.77. The number of anilines is 1. The zero-order valence-electron chi connectivity index (χ0n) is 15.0. The van der Waals surface area contributed by atoms with Crippen LogP contribution < -0.4 is 10.5 Å². The van der Waals surface area contributed by atoms with Crippen molar-refractivity contribution in [2.24, 2.45) is 7.05 Å². The summed E-state index contributed by atoms with van der Waals surface area (Å²) >= 11 is 0. The second kappa shape index (κ2) is 6.68. The monoisotopic (exact) mass is 363 g/mol. The molecule has 0 fully saturated rings. The Bertz CT molecular complexity index is 1160. The normalized spacial score (nSPS) is 11.1. The molecular formula is C20H18FN5O. The fourth-order valence-corrected chi connectivity index (χ4v) is 3.04. The van der Waals surface area contributed by atoms with Crippen LogP contribution in [0.5, 0.6) is 0 Å². The molecule has 4 rings (SSSR count). The summed E-state index contributed by atoms with van der Waals surface area (Å²) in [6.45, 7) is 0.370. The molecule has 0 saturated heterocycles. The summed E-state index contributed by atoms with van der Waals surface area (Å²) in [6, 6.07) is 14.9. The van der Waals surface area contributed by atoms with Gasteiger partial charge in [0.15, 0.2) is 5.82 Å². The van der Waals surface area contributed by atoms with Crippen molar-refractivity contribution in [1.29, 1.82) is 0 Å². The first-order valence-corrected chi connectivity index (χ1v) is 8.50. The summed E-state index contributed by atoms with van der Waals surface area (Å²) in [5, 5.41) is 4.90. The van der Waals surface area contributed by atoms with Gasteiger partial charge in [-0.3, -0.25) is 14.0 Å². The molecule has 0 aliphatic rings. The van der Waals surface area contributed by atoms with Crippen LogP contribution in [0.1, 0.15) is 5.82 Å². The van der Waals surface area contributed by atoms with E-state index in [1.165, 1.54) is 16.7 Å². The van der Waals surface area contributed by atoms with Crippen molar-refractivity contribution in [2.75, 3.05) is 11.9 Å². The van der Waals surface area contributed by atoms with Gasteiger partial charge in [0.2, 0.25) is 0 Å². The molecule has 0 unspecified atom stereocenters. The quantitative estimate of drug-likeness (QED) is 0.559. The summed E-state index contributed by atoms with van der Waals surface area (Å²) < 4.78 is 16.6. The zero-order valence-corrected chi connectivity index (χ0v) is 15.0. The summed E-state index contributed by atoms with van der Waals surface area (Å²) in [4.78, 5) is 19.8. The number of hydrogen-bond acceptors (Lipinski definition) is 4. The lowest BCUT2D eigenvalue weighted by Crippen LogP contribution is -2.28. The minimum atomic E-state index is -0.354. The van der Waals surface area contributed by atoms with Crippen LogP contribution in [0.25, 0.3) is 16.6 Å². The fraction of sp³-hybridized carbons (Fsp3) is 0.150. The van der Waals surface area contributed by atoms with Crippen molar-refractivity contribution in [1.82, 2.24) is 19.3 Å². The fourth-order valence-electron chi connectivity index (χ4n) is 3.04. The van der Waals surface area contributed by atoms with E-state index in [0.29, 0.717) is 29.0 Å². The van der Waals surface area contributed by atoms with Crippen LogP contribution in [0.4, 0.5) is 10.2 Å². The van der Waals surface area contributed by atoms with Crippen LogP contribution in [0.3, 0.4) is 0 Å². The van der Waals surface area contributed by atoms with Gasteiger partial charge in [-0.05, 0) is 36.4 Å². The average Bonchev–Trinajstić information content (AvgIpc) is 3.10. The summed E-state index contributed by atoms with van der Waals surface area (Å²) in [5.41, 5.74) is 1.02. The van der Waals surface area contributed by atoms with Crippen LogP contribution in [0.2, 0.25) is 0 Å². The molecule has 0 N–H and O–H groups in total. The summed E-state index contributed by atoms with van der Waals surface area (Å²) in [6.07, 6.45) is 1.85. The molecule has 0 saturated carbocycles. The lowest BCUT2D eigenvalue weighted by molar-refractivity contribution is 0.627. The van der Waals surface area contributed by atoms with Gasteiger partial charge in [0.05, 0.1) is 23.1 Å². The summed E-state index contributed by atoms with van der Waals surface area (Å²) in [5.74, 6) is 0.969. The van der Waals surface area contributed by atoms with Gasteiger partial charge in [-0.2, -0.15) is 5.10 Å². The van der Waals surface area contributed by atoms with E-state index in [1.807, 2.05) is 43.4 Å². The number of halogens is 1. The van der Waals surface area contributed by atoms with Crippen LogP contribution in [0, 0.1) is 5.82 Å². The van der Waals surface area contributed by atoms with Crippen LogP contribution in [0.15, 0.2) is 65.6 Å². The first kappa shape index (κ1) is 17.0. The zero-order chi connectivity index (χ0) is 19.0. The van der Waals surface area contributed by atoms with Crippen molar-refractivity contribution in [3.05, 3.63) is 82.8 Å². The highest BCUT2D eigenvalue weighted by Crippen LogP contribution is 2.17. The van der Waals surface area contributed by atoms with E-state index in [1.54, 1.807) is 28.9 Å². The number of aryl methyl sites for hydroxylation is 1. The molecule has 0 spiro atoms. The van der Waals surface area contributed by atoms with E-state index in [0.717, 1.165) is 5.82 Å². The van der Waals surface area contributed by atoms with Crippen molar-refractivity contribution >= 4 is 16.7 Å². The standard InChI is InChI=1S/C20H18FN5O/c1-24(18-11-12-25(2)23-18)13-19-22-17-6-4-3-5-16(17)20(27)26(19)15-9-7-14(21)8-10-15/h3-12H,13H2,1-2H3. The largest absolute Gasteiger partial charge is 0.351 e. The van der Waals surface area contributed by atoms with Gasteiger partial charge >= 0.3 is 0 Å². The first-order valence-electron chi connectivity index (χ1n) is 8.50. The van der Waals surface area contributed by atoms with E-state index < -0.39 is 0 Å². The van der Waals surface area contributed by atoms with Gasteiger partial charge in [-0.25, -0.2) is 9.37 Å². The smallest absolute Gasteiger partial charge is 0.266 e. The highest BCUT2D eigenvalue weighted by Gasteiger charge is 2.15. The Hall–Kier alpha value is -3.48. The Kier molecular flexibility index (Phi) is 4.19. The Morgan fingerprint density at radius 1 is 1.07 bits per heavy atom. The van der Waals surface area contributed by atoms with E-state index in [-0.39, 0.29) is 11.4 Å². The molecule has 0 amide bonds. The molecule has 0 bridgehead atoms. The Labute approximate surface area is 155 Å². The van der Waals surface area contributed by atoms with Crippen LogP contribution in [-0.4, -0.2) is 26.4 Å². The Balaban J connectivity index is 1.88. The van der Waals surface area contributed by atoms with Crippen molar-refractivity contribution in [3.63, 3.8) is 0 Å². The third kappa shape index (κ3) is 3.19. The minimum Gasteiger partial charge on any atom is -0.351 e. The van der Waals surface area contributed by atoms with Crippen molar-refractivity contribution in [2.45, 2.75) is 6.54 Å². The SMILES string of the molecule is CN(Cc1nc2ccccc2c(=O)n1-c1ccc(F)cc1)c1ccn(C)n1. The number of fused-ring (bicyclic) bond motifs is 1. The first-order chi connectivity index (χ1) is 13.0. The van der Waals surface area contributed by atoms with Gasteiger partial charge in [0.1, 0.15) is 11.6 Å². The third-order valence-electron chi connectivity index (χ3n) is 4.40. The van der Waals surface area contributed by atoms with Crippen LogP contribution >= 0.6 is 0 Å². The lowest BCUT2D eigenvalue weighted by Gasteiger charge is -2.19. The van der Waals surface area contributed by atoms with Gasteiger partial charge in [0, 0.05) is 26.4 Å². The second-order valence-corrected chi connectivity index (χ2v) is 6.37. The number of benzene rings is 2. The molecule has 7 heteroatoms. The average molecular weight is 363 g/mol. The Morgan fingerprint density at radius 3 is 2.52 bits per heavy atom. The van der Waals surface area contributed by atoms with E-state index in [2.05, 4.69) is 5.10 Å². The minimum absolute atomic E-state index is 0.184. The summed E-state index contributed by atoms with van der Waals surface area (Å²) in [7, 11) is 3.73. The van der Waals surface area contributed by atoms with Gasteiger partial charge in [-0.15, -0.1) is 0 Å². The molecule has 136 valence electrons. The van der Waals surface area contributed by atoms with E-state index in [9.17, 15) is 9.18 Å². The molecule has 0 atom stereocenters. The molecule has 0 radical (unpaired) electrons.